The van der Waals surface area contributed by atoms with E-state index in [4.69, 9.17) is 5.73 Å². The summed E-state index contributed by atoms with van der Waals surface area (Å²) in [6, 6.07) is 0.598. The minimum atomic E-state index is 0.598. The van der Waals surface area contributed by atoms with Gasteiger partial charge in [-0.2, -0.15) is 0 Å². The summed E-state index contributed by atoms with van der Waals surface area (Å²) >= 11 is 0. The van der Waals surface area contributed by atoms with Gasteiger partial charge in [-0.15, -0.1) is 0 Å². The molecule has 0 radical (unpaired) electrons. The van der Waals surface area contributed by atoms with Crippen LogP contribution in [0, 0.1) is 0 Å². The third kappa shape index (κ3) is 5.83. The zero-order chi connectivity index (χ0) is 14.9. The number of rotatable bonds is 6. The summed E-state index contributed by atoms with van der Waals surface area (Å²) in [7, 11) is 0. The molecule has 0 spiro atoms. The molecule has 0 aromatic carbocycles. The van der Waals surface area contributed by atoms with E-state index in [0.717, 1.165) is 26.2 Å². The third-order valence-corrected chi connectivity index (χ3v) is 4.81. The van der Waals surface area contributed by atoms with E-state index in [-0.39, 0.29) is 0 Å². The Kier molecular flexibility index (Phi) is 7.30. The van der Waals surface area contributed by atoms with Gasteiger partial charge in [0.05, 0.1) is 6.54 Å². The molecule has 2 heterocycles. The van der Waals surface area contributed by atoms with Crippen molar-refractivity contribution >= 4 is 5.96 Å². The minimum Gasteiger partial charge on any atom is -0.370 e. The number of likely N-dealkylation sites (N-methyl/N-ethyl adjacent to an activating group) is 1. The third-order valence-electron chi connectivity index (χ3n) is 4.81. The van der Waals surface area contributed by atoms with Crippen LogP contribution in [0.2, 0.25) is 0 Å². The summed E-state index contributed by atoms with van der Waals surface area (Å²) in [5.74, 6) is 0.618. The molecule has 0 aromatic rings. The van der Waals surface area contributed by atoms with E-state index >= 15 is 0 Å². The number of nitrogens with one attached hydrogen (secondary N) is 1. The summed E-state index contributed by atoms with van der Waals surface area (Å²) in [5, 5.41) is 3.27. The molecule has 2 fully saturated rings. The molecule has 1 unspecified atom stereocenters. The van der Waals surface area contributed by atoms with E-state index in [1.54, 1.807) is 0 Å². The van der Waals surface area contributed by atoms with Crippen molar-refractivity contribution in [2.24, 2.45) is 10.7 Å². The number of nitrogens with zero attached hydrogens (tertiary/aromatic N) is 3. The molecule has 2 aliphatic rings. The Bertz CT molecular complexity index is 310. The SMILES string of the molecule is CCN1CCCC1CN=C(N)NCCN1CCCCCC1. The van der Waals surface area contributed by atoms with E-state index in [1.807, 2.05) is 0 Å². The van der Waals surface area contributed by atoms with Crippen LogP contribution in [0.25, 0.3) is 0 Å². The van der Waals surface area contributed by atoms with Crippen LogP contribution in [-0.2, 0) is 0 Å². The minimum absolute atomic E-state index is 0.598. The average molecular weight is 295 g/mol. The maximum absolute atomic E-state index is 5.99. The van der Waals surface area contributed by atoms with E-state index in [0.29, 0.717) is 12.0 Å². The zero-order valence-corrected chi connectivity index (χ0v) is 13.7. The van der Waals surface area contributed by atoms with Gasteiger partial charge in [0.1, 0.15) is 0 Å². The normalized spacial score (nSPS) is 26.0. The van der Waals surface area contributed by atoms with Crippen molar-refractivity contribution in [3.63, 3.8) is 0 Å². The summed E-state index contributed by atoms with van der Waals surface area (Å²) < 4.78 is 0. The van der Waals surface area contributed by atoms with E-state index in [9.17, 15) is 0 Å². The molecule has 3 N–H and O–H groups in total. The lowest BCUT2D eigenvalue weighted by atomic mass is 10.2. The number of hydrogen-bond acceptors (Lipinski definition) is 3. The fraction of sp³-hybridized carbons (Fsp3) is 0.938. The highest BCUT2D eigenvalue weighted by Crippen LogP contribution is 2.16. The molecule has 5 nitrogen and oxygen atoms in total. The standard InChI is InChI=1S/C16H33N5/c1-2-21-12-7-8-15(21)14-19-16(17)18-9-13-20-10-5-3-4-6-11-20/h15H,2-14H2,1H3,(H3,17,18,19). The van der Waals surface area contributed by atoms with Crippen LogP contribution in [0.4, 0.5) is 0 Å². The molecule has 5 heteroatoms. The van der Waals surface area contributed by atoms with Gasteiger partial charge in [0.15, 0.2) is 5.96 Å². The van der Waals surface area contributed by atoms with Gasteiger partial charge in [0, 0.05) is 19.1 Å². The second kappa shape index (κ2) is 9.26. The maximum Gasteiger partial charge on any atom is 0.188 e. The molecule has 0 amide bonds. The van der Waals surface area contributed by atoms with Crippen molar-refractivity contribution in [3.05, 3.63) is 0 Å². The largest absolute Gasteiger partial charge is 0.370 e. The van der Waals surface area contributed by atoms with Crippen molar-refractivity contribution in [1.29, 1.82) is 0 Å². The smallest absolute Gasteiger partial charge is 0.188 e. The quantitative estimate of drug-likeness (QED) is 0.572. The first kappa shape index (κ1) is 16.6. The van der Waals surface area contributed by atoms with Crippen LogP contribution in [-0.4, -0.2) is 67.6 Å². The first-order chi connectivity index (χ1) is 10.3. The molecule has 21 heavy (non-hydrogen) atoms. The highest BCUT2D eigenvalue weighted by atomic mass is 15.2. The van der Waals surface area contributed by atoms with Crippen LogP contribution >= 0.6 is 0 Å². The fourth-order valence-corrected chi connectivity index (χ4v) is 3.48. The first-order valence-corrected chi connectivity index (χ1v) is 8.80. The topological polar surface area (TPSA) is 56.9 Å². The van der Waals surface area contributed by atoms with Gasteiger partial charge in [0.2, 0.25) is 0 Å². The summed E-state index contributed by atoms with van der Waals surface area (Å²) in [5.41, 5.74) is 5.99. The Balaban J connectivity index is 1.61. The van der Waals surface area contributed by atoms with Crippen molar-refractivity contribution in [3.8, 4) is 0 Å². The molecule has 2 aliphatic heterocycles. The zero-order valence-electron chi connectivity index (χ0n) is 13.7. The Morgan fingerprint density at radius 2 is 1.90 bits per heavy atom. The second-order valence-electron chi connectivity index (χ2n) is 6.33. The fourth-order valence-electron chi connectivity index (χ4n) is 3.48. The van der Waals surface area contributed by atoms with Crippen LogP contribution in [0.3, 0.4) is 0 Å². The monoisotopic (exact) mass is 295 g/mol. The highest BCUT2D eigenvalue weighted by Gasteiger charge is 2.22. The number of likely N-dealkylation sites (tertiary alicyclic amines) is 2. The average Bonchev–Trinajstić information content (AvgIpc) is 2.80. The van der Waals surface area contributed by atoms with Gasteiger partial charge >= 0.3 is 0 Å². The Morgan fingerprint density at radius 1 is 1.14 bits per heavy atom. The number of aliphatic imine (C=N–C) groups is 1. The van der Waals surface area contributed by atoms with E-state index in [1.165, 1.54) is 58.2 Å². The van der Waals surface area contributed by atoms with Crippen LogP contribution in [0.1, 0.15) is 45.4 Å². The molecule has 1 atom stereocenters. The van der Waals surface area contributed by atoms with Gasteiger partial charge in [0.25, 0.3) is 0 Å². The molecular formula is C16H33N5. The van der Waals surface area contributed by atoms with Gasteiger partial charge in [-0.3, -0.25) is 9.89 Å². The molecule has 122 valence electrons. The number of guanidine groups is 1. The van der Waals surface area contributed by atoms with E-state index < -0.39 is 0 Å². The lowest BCUT2D eigenvalue weighted by Gasteiger charge is -2.21. The lowest BCUT2D eigenvalue weighted by molar-refractivity contribution is 0.272. The molecule has 0 saturated carbocycles. The van der Waals surface area contributed by atoms with Crippen LogP contribution in [0.5, 0.6) is 0 Å². The number of nitrogens with two attached hydrogens (primary N) is 1. The van der Waals surface area contributed by atoms with Crippen LogP contribution in [0.15, 0.2) is 4.99 Å². The molecule has 2 rings (SSSR count). The van der Waals surface area contributed by atoms with Crippen molar-refractivity contribution in [2.75, 3.05) is 45.8 Å². The molecular weight excluding hydrogens is 262 g/mol. The summed E-state index contributed by atoms with van der Waals surface area (Å²) in [4.78, 5) is 9.58. The second-order valence-corrected chi connectivity index (χ2v) is 6.33. The first-order valence-electron chi connectivity index (χ1n) is 8.80. The molecule has 0 aromatic heterocycles. The van der Waals surface area contributed by atoms with Crippen LogP contribution < -0.4 is 11.1 Å². The summed E-state index contributed by atoms with van der Waals surface area (Å²) in [6.07, 6.45) is 8.04. The Hall–Kier alpha value is -0.810. The van der Waals surface area contributed by atoms with E-state index in [2.05, 4.69) is 27.0 Å². The van der Waals surface area contributed by atoms with Gasteiger partial charge in [-0.1, -0.05) is 19.8 Å². The van der Waals surface area contributed by atoms with Gasteiger partial charge < -0.3 is 16.0 Å². The van der Waals surface area contributed by atoms with Crippen molar-refractivity contribution in [2.45, 2.75) is 51.5 Å². The highest BCUT2D eigenvalue weighted by molar-refractivity contribution is 5.77. The molecule has 0 aliphatic carbocycles. The van der Waals surface area contributed by atoms with Gasteiger partial charge in [-0.25, -0.2) is 0 Å². The maximum atomic E-state index is 5.99. The van der Waals surface area contributed by atoms with Crippen molar-refractivity contribution in [1.82, 2.24) is 15.1 Å². The molecule has 0 bridgehead atoms. The predicted molar refractivity (Wildman–Crippen MR) is 89.7 cm³/mol. The van der Waals surface area contributed by atoms with Gasteiger partial charge in [-0.05, 0) is 51.9 Å². The predicted octanol–water partition coefficient (Wildman–Crippen LogP) is 1.25. The van der Waals surface area contributed by atoms with Crippen molar-refractivity contribution < 1.29 is 0 Å². The Morgan fingerprint density at radius 3 is 2.62 bits per heavy atom. The Labute approximate surface area is 130 Å². The lowest BCUT2D eigenvalue weighted by Crippen LogP contribution is -2.40. The summed E-state index contributed by atoms with van der Waals surface area (Å²) in [6.45, 7) is 9.90. The number of hydrogen-bond donors (Lipinski definition) is 2. The molecule has 2 saturated heterocycles.